The molecule has 2 N–H and O–H groups in total. The molecule has 1 rings (SSSR count). The molecule has 0 aromatic heterocycles. The molecular weight excluding hydrogens is 214 g/mol. The van der Waals surface area contributed by atoms with Gasteiger partial charge in [-0.15, -0.1) is 0 Å². The van der Waals surface area contributed by atoms with E-state index in [2.05, 4.69) is 4.72 Å². The van der Waals surface area contributed by atoms with Gasteiger partial charge >= 0.3 is 0 Å². The molecule has 0 amide bonds. The number of aliphatic hydroxyl groups is 1. The minimum absolute atomic E-state index is 0.175. The van der Waals surface area contributed by atoms with Gasteiger partial charge in [0, 0.05) is 13.2 Å². The number of nitrogens with one attached hydrogen (secondary N) is 1. The molecule has 15 heavy (non-hydrogen) atoms. The van der Waals surface area contributed by atoms with Gasteiger partial charge in [-0.2, -0.15) is 0 Å². The zero-order valence-electron chi connectivity index (χ0n) is 9.28. The van der Waals surface area contributed by atoms with Gasteiger partial charge in [-0.05, 0) is 37.5 Å². The van der Waals surface area contributed by atoms with Gasteiger partial charge in [0.15, 0.2) is 0 Å². The van der Waals surface area contributed by atoms with Gasteiger partial charge in [-0.25, -0.2) is 13.1 Å². The van der Waals surface area contributed by atoms with E-state index < -0.39 is 10.0 Å². The van der Waals surface area contributed by atoms with Crippen LogP contribution in [0.2, 0.25) is 0 Å². The van der Waals surface area contributed by atoms with Crippen LogP contribution in [-0.2, 0) is 10.0 Å². The number of hydrogen-bond acceptors (Lipinski definition) is 3. The molecule has 1 unspecified atom stereocenters. The van der Waals surface area contributed by atoms with E-state index in [4.69, 9.17) is 5.11 Å². The standard InChI is InChI=1S/C10H21NO3S/c1-9(7-12)3-2-6-11-15(13,14)8-10-4-5-10/h9-12H,2-8H2,1H3. The van der Waals surface area contributed by atoms with Gasteiger partial charge in [-0.1, -0.05) is 6.92 Å². The fraction of sp³-hybridized carbons (Fsp3) is 1.00. The van der Waals surface area contributed by atoms with Crippen molar-refractivity contribution in [2.45, 2.75) is 32.6 Å². The third-order valence-electron chi connectivity index (χ3n) is 2.66. The van der Waals surface area contributed by atoms with Crippen LogP contribution in [0.25, 0.3) is 0 Å². The van der Waals surface area contributed by atoms with Crippen LogP contribution in [0.1, 0.15) is 32.6 Å². The predicted octanol–water partition coefficient (Wildman–Crippen LogP) is 0.724. The highest BCUT2D eigenvalue weighted by atomic mass is 32.2. The highest BCUT2D eigenvalue weighted by Gasteiger charge is 2.27. The first-order valence-electron chi connectivity index (χ1n) is 5.61. The molecule has 1 aliphatic rings. The van der Waals surface area contributed by atoms with Crippen LogP contribution in [0, 0.1) is 11.8 Å². The van der Waals surface area contributed by atoms with Crippen LogP contribution in [0.5, 0.6) is 0 Å². The van der Waals surface area contributed by atoms with E-state index in [1.165, 1.54) is 0 Å². The van der Waals surface area contributed by atoms with Gasteiger partial charge < -0.3 is 5.11 Å². The van der Waals surface area contributed by atoms with Crippen LogP contribution in [0.15, 0.2) is 0 Å². The summed E-state index contributed by atoms with van der Waals surface area (Å²) >= 11 is 0. The van der Waals surface area contributed by atoms with Crippen LogP contribution in [-0.4, -0.2) is 32.4 Å². The van der Waals surface area contributed by atoms with Gasteiger partial charge in [0.1, 0.15) is 0 Å². The molecule has 1 saturated carbocycles. The van der Waals surface area contributed by atoms with Gasteiger partial charge in [0.05, 0.1) is 5.75 Å². The van der Waals surface area contributed by atoms with E-state index in [1.807, 2.05) is 6.92 Å². The Bertz CT molecular complexity index is 272. The summed E-state index contributed by atoms with van der Waals surface area (Å²) in [6.07, 6.45) is 3.78. The summed E-state index contributed by atoms with van der Waals surface area (Å²) in [5.74, 6) is 0.958. The first-order valence-corrected chi connectivity index (χ1v) is 7.27. The zero-order chi connectivity index (χ0) is 11.3. The molecule has 0 heterocycles. The van der Waals surface area contributed by atoms with Crippen molar-refractivity contribution < 1.29 is 13.5 Å². The number of aliphatic hydroxyl groups excluding tert-OH is 1. The Labute approximate surface area is 92.1 Å². The highest BCUT2D eigenvalue weighted by Crippen LogP contribution is 2.29. The summed E-state index contributed by atoms with van der Waals surface area (Å²) in [6.45, 7) is 2.63. The summed E-state index contributed by atoms with van der Waals surface area (Å²) < 4.78 is 25.5. The van der Waals surface area contributed by atoms with Crippen molar-refractivity contribution in [1.29, 1.82) is 0 Å². The van der Waals surface area contributed by atoms with E-state index in [1.54, 1.807) is 0 Å². The molecule has 0 bridgehead atoms. The second-order valence-corrected chi connectivity index (χ2v) is 6.40. The van der Waals surface area contributed by atoms with E-state index in [0.29, 0.717) is 18.2 Å². The summed E-state index contributed by atoms with van der Waals surface area (Å²) in [6, 6.07) is 0. The minimum Gasteiger partial charge on any atom is -0.396 e. The topological polar surface area (TPSA) is 66.4 Å². The molecule has 0 aromatic rings. The second kappa shape index (κ2) is 5.82. The lowest BCUT2D eigenvalue weighted by atomic mass is 10.1. The molecule has 1 fully saturated rings. The molecule has 5 heteroatoms. The Morgan fingerprint density at radius 1 is 1.47 bits per heavy atom. The molecule has 0 aliphatic heterocycles. The zero-order valence-corrected chi connectivity index (χ0v) is 10.1. The summed E-state index contributed by atoms with van der Waals surface area (Å²) in [4.78, 5) is 0. The van der Waals surface area contributed by atoms with Crippen molar-refractivity contribution in [2.75, 3.05) is 18.9 Å². The van der Waals surface area contributed by atoms with Crippen molar-refractivity contribution in [2.24, 2.45) is 11.8 Å². The lowest BCUT2D eigenvalue weighted by molar-refractivity contribution is 0.228. The summed E-state index contributed by atoms with van der Waals surface area (Å²) in [5.41, 5.74) is 0. The van der Waals surface area contributed by atoms with Crippen molar-refractivity contribution in [3.8, 4) is 0 Å². The summed E-state index contributed by atoms with van der Waals surface area (Å²) in [5, 5.41) is 8.78. The van der Waals surface area contributed by atoms with Crippen LogP contribution >= 0.6 is 0 Å². The fourth-order valence-electron chi connectivity index (χ4n) is 1.42. The van der Waals surface area contributed by atoms with Crippen LogP contribution in [0.4, 0.5) is 0 Å². The van der Waals surface area contributed by atoms with E-state index >= 15 is 0 Å². The molecule has 1 atom stereocenters. The van der Waals surface area contributed by atoms with Gasteiger partial charge in [0.25, 0.3) is 0 Å². The molecule has 0 radical (unpaired) electrons. The lowest BCUT2D eigenvalue weighted by Crippen LogP contribution is -2.28. The Morgan fingerprint density at radius 2 is 2.13 bits per heavy atom. The minimum atomic E-state index is -3.04. The normalized spacial score (nSPS) is 19.1. The van der Waals surface area contributed by atoms with Crippen molar-refractivity contribution in [3.05, 3.63) is 0 Å². The first kappa shape index (κ1) is 12.9. The Hall–Kier alpha value is -0.130. The smallest absolute Gasteiger partial charge is 0.211 e. The largest absolute Gasteiger partial charge is 0.396 e. The molecule has 0 saturated heterocycles. The van der Waals surface area contributed by atoms with Crippen molar-refractivity contribution in [1.82, 2.24) is 4.72 Å². The molecule has 1 aliphatic carbocycles. The third kappa shape index (κ3) is 6.12. The van der Waals surface area contributed by atoms with Crippen LogP contribution < -0.4 is 4.72 Å². The average molecular weight is 235 g/mol. The van der Waals surface area contributed by atoms with E-state index in [-0.39, 0.29) is 12.5 Å². The lowest BCUT2D eigenvalue weighted by Gasteiger charge is -2.08. The van der Waals surface area contributed by atoms with E-state index in [0.717, 1.165) is 25.7 Å². The molecule has 90 valence electrons. The number of sulfonamides is 1. The Balaban J connectivity index is 2.07. The number of rotatable bonds is 8. The number of hydrogen-bond donors (Lipinski definition) is 2. The Morgan fingerprint density at radius 3 is 2.67 bits per heavy atom. The van der Waals surface area contributed by atoms with E-state index in [9.17, 15) is 8.42 Å². The quantitative estimate of drug-likeness (QED) is 0.609. The van der Waals surface area contributed by atoms with Crippen molar-refractivity contribution >= 4 is 10.0 Å². The maximum Gasteiger partial charge on any atom is 0.211 e. The first-order chi connectivity index (χ1) is 7.03. The third-order valence-corrected chi connectivity index (χ3v) is 4.21. The molecular formula is C10H21NO3S. The molecule has 4 nitrogen and oxygen atoms in total. The molecule has 0 spiro atoms. The summed E-state index contributed by atoms with van der Waals surface area (Å²) in [7, 11) is -3.04. The van der Waals surface area contributed by atoms with Crippen molar-refractivity contribution in [3.63, 3.8) is 0 Å². The maximum absolute atomic E-state index is 11.4. The Kier molecular flexibility index (Phi) is 5.02. The highest BCUT2D eigenvalue weighted by molar-refractivity contribution is 7.89. The second-order valence-electron chi connectivity index (χ2n) is 4.55. The molecule has 0 aromatic carbocycles. The monoisotopic (exact) mass is 235 g/mol. The van der Waals surface area contributed by atoms with Gasteiger partial charge in [0.2, 0.25) is 10.0 Å². The average Bonchev–Trinajstić information content (AvgIpc) is 2.95. The van der Waals surface area contributed by atoms with Gasteiger partial charge in [-0.3, -0.25) is 0 Å². The maximum atomic E-state index is 11.4. The predicted molar refractivity (Wildman–Crippen MR) is 60.0 cm³/mol. The SMILES string of the molecule is CC(CO)CCCNS(=O)(=O)CC1CC1. The van der Waals surface area contributed by atoms with Crippen LogP contribution in [0.3, 0.4) is 0 Å². The fourth-order valence-corrected chi connectivity index (χ4v) is 2.95.